The summed E-state index contributed by atoms with van der Waals surface area (Å²) >= 11 is 1.59. The molecule has 37 heavy (non-hydrogen) atoms. The summed E-state index contributed by atoms with van der Waals surface area (Å²) in [4.78, 5) is 31.9. The number of halogens is 1. The average molecular weight is 524 g/mol. The van der Waals surface area contributed by atoms with Crippen LogP contribution in [0, 0.1) is 5.82 Å². The van der Waals surface area contributed by atoms with E-state index < -0.39 is 5.82 Å². The van der Waals surface area contributed by atoms with E-state index in [1.54, 1.807) is 17.4 Å². The van der Waals surface area contributed by atoms with Gasteiger partial charge in [0, 0.05) is 57.1 Å². The number of hydrazone groups is 1. The molecule has 0 saturated carbocycles. The van der Waals surface area contributed by atoms with Gasteiger partial charge in [0.1, 0.15) is 18.4 Å². The van der Waals surface area contributed by atoms with Crippen LogP contribution in [-0.4, -0.2) is 82.8 Å². The number of benzene rings is 1. The van der Waals surface area contributed by atoms with Gasteiger partial charge in [-0.15, -0.1) is 11.3 Å². The standard InChI is InChI=1S/C27H30FN5O3S/c1-30-9-3-7-23(30)24-18-22(25-8-4-16-37-25)29-33(24)26(34)19-32(11-10-31-12-14-36-15-13-31)27(35)20-5-2-6-21(28)17-20/h2-9,16-17,24H,10-15,18-19H2,1H3. The van der Waals surface area contributed by atoms with E-state index in [9.17, 15) is 14.0 Å². The summed E-state index contributed by atoms with van der Waals surface area (Å²) in [5.41, 5.74) is 2.05. The average Bonchev–Trinajstić information content (AvgIpc) is 3.67. The van der Waals surface area contributed by atoms with Crippen LogP contribution in [0.3, 0.4) is 0 Å². The van der Waals surface area contributed by atoms with Crippen LogP contribution in [0.15, 0.2) is 65.2 Å². The first-order valence-corrected chi connectivity index (χ1v) is 13.3. The van der Waals surface area contributed by atoms with Crippen LogP contribution in [-0.2, 0) is 16.6 Å². The van der Waals surface area contributed by atoms with Crippen LogP contribution >= 0.6 is 11.3 Å². The first-order chi connectivity index (χ1) is 18.0. The van der Waals surface area contributed by atoms with E-state index in [1.807, 2.05) is 47.5 Å². The predicted octanol–water partition coefficient (Wildman–Crippen LogP) is 3.38. The van der Waals surface area contributed by atoms with Crippen molar-refractivity contribution >= 4 is 28.9 Å². The maximum absolute atomic E-state index is 13.9. The van der Waals surface area contributed by atoms with Crippen molar-refractivity contribution < 1.29 is 18.7 Å². The third-order valence-electron chi connectivity index (χ3n) is 6.77. The second kappa shape index (κ2) is 11.4. The van der Waals surface area contributed by atoms with Gasteiger partial charge < -0.3 is 14.2 Å². The Kier molecular flexibility index (Phi) is 7.78. The zero-order chi connectivity index (χ0) is 25.8. The summed E-state index contributed by atoms with van der Waals surface area (Å²) < 4.78 is 21.3. The van der Waals surface area contributed by atoms with Crippen LogP contribution in [0.1, 0.15) is 33.4 Å². The van der Waals surface area contributed by atoms with Crippen LogP contribution in [0.2, 0.25) is 0 Å². The predicted molar refractivity (Wildman–Crippen MR) is 140 cm³/mol. The highest BCUT2D eigenvalue weighted by Crippen LogP contribution is 2.34. The highest BCUT2D eigenvalue weighted by atomic mass is 32.1. The minimum atomic E-state index is -0.487. The Hall–Kier alpha value is -3.34. The van der Waals surface area contributed by atoms with Crippen molar-refractivity contribution in [1.82, 2.24) is 19.4 Å². The summed E-state index contributed by atoms with van der Waals surface area (Å²) in [6.45, 7) is 3.61. The number of amides is 2. The number of rotatable bonds is 8. The topological polar surface area (TPSA) is 70.4 Å². The quantitative estimate of drug-likeness (QED) is 0.454. The Morgan fingerprint density at radius 2 is 2.00 bits per heavy atom. The van der Waals surface area contributed by atoms with Crippen LogP contribution < -0.4 is 0 Å². The van der Waals surface area contributed by atoms with Gasteiger partial charge >= 0.3 is 0 Å². The van der Waals surface area contributed by atoms with Gasteiger partial charge in [-0.1, -0.05) is 12.1 Å². The highest BCUT2D eigenvalue weighted by Gasteiger charge is 2.36. The van der Waals surface area contributed by atoms with E-state index in [2.05, 4.69) is 4.90 Å². The summed E-state index contributed by atoms with van der Waals surface area (Å²) in [6, 6.07) is 13.2. The lowest BCUT2D eigenvalue weighted by Gasteiger charge is -2.31. The van der Waals surface area contributed by atoms with Crippen LogP contribution in [0.5, 0.6) is 0 Å². The van der Waals surface area contributed by atoms with Crippen molar-refractivity contribution in [2.24, 2.45) is 12.1 Å². The molecule has 0 spiro atoms. The molecular weight excluding hydrogens is 493 g/mol. The molecule has 0 bridgehead atoms. The molecule has 1 atom stereocenters. The molecule has 3 aromatic rings. The molecule has 1 unspecified atom stereocenters. The Balaban J connectivity index is 1.39. The van der Waals surface area contributed by atoms with Crippen molar-refractivity contribution in [2.45, 2.75) is 12.5 Å². The van der Waals surface area contributed by atoms with Crippen molar-refractivity contribution in [3.8, 4) is 0 Å². The van der Waals surface area contributed by atoms with Gasteiger partial charge in [-0.3, -0.25) is 14.5 Å². The fraction of sp³-hybridized carbons (Fsp3) is 0.370. The zero-order valence-corrected chi connectivity index (χ0v) is 21.6. The molecule has 1 fully saturated rings. The maximum atomic E-state index is 13.9. The first-order valence-electron chi connectivity index (χ1n) is 12.4. The zero-order valence-electron chi connectivity index (χ0n) is 20.8. The number of aryl methyl sites for hydroxylation is 1. The van der Waals surface area contributed by atoms with Crippen molar-refractivity contribution in [3.63, 3.8) is 0 Å². The minimum absolute atomic E-state index is 0.151. The lowest BCUT2D eigenvalue weighted by Crippen LogP contribution is -2.46. The molecule has 2 aliphatic heterocycles. The number of ether oxygens (including phenoxy) is 1. The number of hydrogen-bond acceptors (Lipinski definition) is 6. The lowest BCUT2D eigenvalue weighted by molar-refractivity contribution is -0.133. The molecule has 5 rings (SSSR count). The maximum Gasteiger partial charge on any atom is 0.262 e. The van der Waals surface area contributed by atoms with Crippen molar-refractivity contribution in [2.75, 3.05) is 45.9 Å². The highest BCUT2D eigenvalue weighted by molar-refractivity contribution is 7.12. The molecule has 10 heteroatoms. The number of nitrogens with zero attached hydrogens (tertiary/aromatic N) is 5. The molecule has 1 aromatic carbocycles. The van der Waals surface area contributed by atoms with Crippen molar-refractivity contribution in [1.29, 1.82) is 0 Å². The Bertz CT molecular complexity index is 1270. The minimum Gasteiger partial charge on any atom is -0.379 e. The normalized spacial score (nSPS) is 18.2. The third-order valence-corrected chi connectivity index (χ3v) is 7.69. The molecule has 0 radical (unpaired) electrons. The number of carbonyl (C=O) groups is 2. The molecule has 2 amide bonds. The number of aromatic nitrogens is 1. The summed E-state index contributed by atoms with van der Waals surface area (Å²) in [6.07, 6.45) is 2.54. The molecule has 0 N–H and O–H groups in total. The molecular formula is C27H30FN5O3S. The second-order valence-electron chi connectivity index (χ2n) is 9.22. The van der Waals surface area contributed by atoms with E-state index in [0.29, 0.717) is 32.7 Å². The lowest BCUT2D eigenvalue weighted by atomic mass is 10.1. The van der Waals surface area contributed by atoms with Gasteiger partial charge in [0.25, 0.3) is 11.8 Å². The molecule has 194 valence electrons. The van der Waals surface area contributed by atoms with E-state index in [4.69, 9.17) is 9.84 Å². The number of morpholine rings is 1. The molecule has 2 aliphatic rings. The monoisotopic (exact) mass is 523 g/mol. The number of thiophene rings is 1. The Morgan fingerprint density at radius 1 is 1.16 bits per heavy atom. The van der Waals surface area contributed by atoms with Gasteiger partial charge in [0.15, 0.2) is 0 Å². The van der Waals surface area contributed by atoms with Gasteiger partial charge in [0.05, 0.1) is 23.8 Å². The fourth-order valence-corrected chi connectivity index (χ4v) is 5.48. The van der Waals surface area contributed by atoms with Gasteiger partial charge in [-0.05, 0) is 41.8 Å². The summed E-state index contributed by atoms with van der Waals surface area (Å²) in [5, 5.41) is 8.24. The SMILES string of the molecule is Cn1cccc1C1CC(c2cccs2)=NN1C(=O)CN(CCN1CCOCC1)C(=O)c1cccc(F)c1. The van der Waals surface area contributed by atoms with Crippen LogP contribution in [0.25, 0.3) is 0 Å². The fourth-order valence-electron chi connectivity index (χ4n) is 4.76. The van der Waals surface area contributed by atoms with E-state index in [0.717, 1.165) is 29.4 Å². The molecule has 0 aliphatic carbocycles. The number of carbonyl (C=O) groups excluding carboxylic acids is 2. The Labute approximate surface area is 219 Å². The van der Waals surface area contributed by atoms with E-state index in [-0.39, 0.29) is 30.0 Å². The van der Waals surface area contributed by atoms with E-state index >= 15 is 0 Å². The van der Waals surface area contributed by atoms with Gasteiger partial charge in [-0.2, -0.15) is 5.10 Å². The van der Waals surface area contributed by atoms with Crippen LogP contribution in [0.4, 0.5) is 4.39 Å². The third kappa shape index (κ3) is 5.82. The summed E-state index contributed by atoms with van der Waals surface area (Å²) in [5.74, 6) is -1.14. The van der Waals surface area contributed by atoms with Crippen molar-refractivity contribution in [3.05, 3.63) is 82.1 Å². The molecule has 8 nitrogen and oxygen atoms in total. The van der Waals surface area contributed by atoms with Gasteiger partial charge in [-0.25, -0.2) is 9.40 Å². The first kappa shape index (κ1) is 25.3. The molecule has 1 saturated heterocycles. The summed E-state index contributed by atoms with van der Waals surface area (Å²) in [7, 11) is 1.95. The molecule has 4 heterocycles. The van der Waals surface area contributed by atoms with Gasteiger partial charge in [0.2, 0.25) is 0 Å². The molecule has 2 aromatic heterocycles. The van der Waals surface area contributed by atoms with E-state index in [1.165, 1.54) is 28.1 Å². The Morgan fingerprint density at radius 3 is 2.70 bits per heavy atom. The number of hydrogen-bond donors (Lipinski definition) is 0. The smallest absolute Gasteiger partial charge is 0.262 e. The second-order valence-corrected chi connectivity index (χ2v) is 10.2. The largest absolute Gasteiger partial charge is 0.379 e.